The van der Waals surface area contributed by atoms with Crippen LogP contribution in [0.3, 0.4) is 0 Å². The number of carbonyl (C=O) groups is 1. The van der Waals surface area contributed by atoms with Gasteiger partial charge in [-0.05, 0) is 58.2 Å². The van der Waals surface area contributed by atoms with Crippen LogP contribution < -0.4 is 11.1 Å². The number of anilines is 1. The van der Waals surface area contributed by atoms with Gasteiger partial charge in [-0.3, -0.25) is 9.69 Å². The van der Waals surface area contributed by atoms with E-state index >= 15 is 0 Å². The summed E-state index contributed by atoms with van der Waals surface area (Å²) in [5.74, 6) is 1.41. The molecule has 0 aliphatic carbocycles. The van der Waals surface area contributed by atoms with Crippen LogP contribution in [0.2, 0.25) is 0 Å². The van der Waals surface area contributed by atoms with Crippen LogP contribution in [0.1, 0.15) is 41.9 Å². The number of fused-ring (bicyclic) bond motifs is 1. The fourth-order valence-electron chi connectivity index (χ4n) is 4.16. The van der Waals surface area contributed by atoms with Crippen molar-refractivity contribution in [1.82, 2.24) is 14.9 Å². The van der Waals surface area contributed by atoms with E-state index in [1.807, 2.05) is 0 Å². The normalized spacial score (nSPS) is 19.9. The third kappa shape index (κ3) is 3.73. The quantitative estimate of drug-likeness (QED) is 0.770. The van der Waals surface area contributed by atoms with Gasteiger partial charge < -0.3 is 15.8 Å². The van der Waals surface area contributed by atoms with E-state index < -0.39 is 5.41 Å². The fourth-order valence-corrected chi connectivity index (χ4v) is 5.21. The van der Waals surface area contributed by atoms with E-state index in [0.29, 0.717) is 32.6 Å². The Morgan fingerprint density at radius 3 is 2.64 bits per heavy atom. The SMILES string of the molecule is Cc1sc2nc(CN3CCCC3)nc(NCC3(C(N)=O)CCOCC3)c2c1C. The Labute approximate surface area is 169 Å². The largest absolute Gasteiger partial charge is 0.381 e. The second kappa shape index (κ2) is 7.93. The number of aromatic nitrogens is 2. The predicted molar refractivity (Wildman–Crippen MR) is 112 cm³/mol. The maximum Gasteiger partial charge on any atom is 0.225 e. The van der Waals surface area contributed by atoms with Gasteiger partial charge in [0.25, 0.3) is 0 Å². The minimum atomic E-state index is -0.580. The van der Waals surface area contributed by atoms with Crippen molar-refractivity contribution in [2.45, 2.75) is 46.1 Å². The van der Waals surface area contributed by atoms with E-state index in [2.05, 4.69) is 24.1 Å². The zero-order valence-corrected chi connectivity index (χ0v) is 17.5. The second-order valence-corrected chi connectivity index (χ2v) is 9.25. The molecule has 0 unspecified atom stereocenters. The number of rotatable bonds is 6. The highest BCUT2D eigenvalue weighted by atomic mass is 32.1. The first-order valence-electron chi connectivity index (χ1n) is 10.1. The van der Waals surface area contributed by atoms with E-state index in [0.717, 1.165) is 41.5 Å². The molecule has 2 aliphatic heterocycles. The van der Waals surface area contributed by atoms with E-state index in [-0.39, 0.29) is 5.91 Å². The molecule has 1 amide bonds. The molecule has 152 valence electrons. The van der Waals surface area contributed by atoms with Gasteiger partial charge in [0.15, 0.2) is 0 Å². The third-order valence-corrected chi connectivity index (χ3v) is 7.31. The maximum absolute atomic E-state index is 12.2. The molecule has 8 heteroatoms. The number of likely N-dealkylation sites (tertiary alicyclic amines) is 1. The molecule has 3 N–H and O–H groups in total. The van der Waals surface area contributed by atoms with Crippen molar-refractivity contribution in [2.24, 2.45) is 11.1 Å². The average molecular weight is 404 g/mol. The summed E-state index contributed by atoms with van der Waals surface area (Å²) >= 11 is 1.71. The molecule has 0 aromatic carbocycles. The highest BCUT2D eigenvalue weighted by Crippen LogP contribution is 2.35. The van der Waals surface area contributed by atoms with Crippen molar-refractivity contribution in [1.29, 1.82) is 0 Å². The highest BCUT2D eigenvalue weighted by Gasteiger charge is 2.38. The van der Waals surface area contributed by atoms with Crippen LogP contribution in [-0.2, 0) is 16.1 Å². The van der Waals surface area contributed by atoms with Gasteiger partial charge in [-0.1, -0.05) is 0 Å². The lowest BCUT2D eigenvalue weighted by Crippen LogP contribution is -2.46. The van der Waals surface area contributed by atoms with Crippen LogP contribution in [0.25, 0.3) is 10.2 Å². The number of hydrogen-bond acceptors (Lipinski definition) is 7. The summed E-state index contributed by atoms with van der Waals surface area (Å²) in [5.41, 5.74) is 6.40. The minimum absolute atomic E-state index is 0.260. The standard InChI is InChI=1S/C20H29N5O2S/c1-13-14(2)28-18-16(13)17(23-15(24-18)11-25-7-3-4-8-25)22-12-20(19(21)26)5-9-27-10-6-20/h3-12H2,1-2H3,(H2,21,26)(H,22,23,24). The number of ether oxygens (including phenoxy) is 1. The summed E-state index contributed by atoms with van der Waals surface area (Å²) in [6.07, 6.45) is 3.78. The van der Waals surface area contributed by atoms with E-state index in [4.69, 9.17) is 20.4 Å². The van der Waals surface area contributed by atoms with Crippen LogP contribution in [0.4, 0.5) is 5.82 Å². The van der Waals surface area contributed by atoms with Crippen molar-refractivity contribution in [3.8, 4) is 0 Å². The lowest BCUT2D eigenvalue weighted by atomic mass is 9.79. The molecule has 28 heavy (non-hydrogen) atoms. The Morgan fingerprint density at radius 2 is 1.96 bits per heavy atom. The zero-order valence-electron chi connectivity index (χ0n) is 16.7. The molecule has 2 aliphatic rings. The number of nitrogens with zero attached hydrogens (tertiary/aromatic N) is 3. The molecule has 0 bridgehead atoms. The number of aryl methyl sites for hydroxylation is 2. The number of thiophene rings is 1. The van der Waals surface area contributed by atoms with Gasteiger partial charge in [-0.2, -0.15) is 0 Å². The number of nitrogens with two attached hydrogens (primary N) is 1. The molecular weight excluding hydrogens is 374 g/mol. The lowest BCUT2D eigenvalue weighted by molar-refractivity contribution is -0.132. The summed E-state index contributed by atoms with van der Waals surface area (Å²) in [6, 6.07) is 0. The second-order valence-electron chi connectivity index (χ2n) is 8.05. The van der Waals surface area contributed by atoms with Crippen LogP contribution >= 0.6 is 11.3 Å². The van der Waals surface area contributed by atoms with Crippen molar-refractivity contribution >= 4 is 33.3 Å². The van der Waals surface area contributed by atoms with Crippen molar-refractivity contribution in [3.05, 3.63) is 16.3 Å². The van der Waals surface area contributed by atoms with Crippen molar-refractivity contribution in [3.63, 3.8) is 0 Å². The zero-order chi connectivity index (χ0) is 19.7. The summed E-state index contributed by atoms with van der Waals surface area (Å²) in [7, 11) is 0. The monoisotopic (exact) mass is 403 g/mol. The van der Waals surface area contributed by atoms with Crippen LogP contribution in [0.5, 0.6) is 0 Å². The fraction of sp³-hybridized carbons (Fsp3) is 0.650. The Kier molecular flexibility index (Phi) is 5.53. The predicted octanol–water partition coefficient (Wildman–Crippen LogP) is 2.60. The Balaban J connectivity index is 1.64. The summed E-state index contributed by atoms with van der Waals surface area (Å²) in [5, 5.41) is 4.55. The maximum atomic E-state index is 12.2. The summed E-state index contributed by atoms with van der Waals surface area (Å²) < 4.78 is 5.45. The van der Waals surface area contributed by atoms with Crippen LogP contribution in [0, 0.1) is 19.3 Å². The van der Waals surface area contributed by atoms with Gasteiger partial charge in [-0.15, -0.1) is 11.3 Å². The van der Waals surface area contributed by atoms with Crippen molar-refractivity contribution in [2.75, 3.05) is 38.2 Å². The molecule has 4 heterocycles. The first-order valence-corrected chi connectivity index (χ1v) is 10.9. The Bertz CT molecular complexity index is 869. The van der Waals surface area contributed by atoms with Gasteiger partial charge in [0, 0.05) is 24.6 Å². The first-order chi connectivity index (χ1) is 13.5. The minimum Gasteiger partial charge on any atom is -0.381 e. The molecule has 2 saturated heterocycles. The van der Waals surface area contributed by atoms with Gasteiger partial charge >= 0.3 is 0 Å². The molecule has 7 nitrogen and oxygen atoms in total. The van der Waals surface area contributed by atoms with Crippen LogP contribution in [0.15, 0.2) is 0 Å². The molecule has 2 aromatic rings. The summed E-state index contributed by atoms with van der Waals surface area (Å²) in [4.78, 5) is 26.6. The molecule has 0 radical (unpaired) electrons. The molecule has 0 spiro atoms. The highest BCUT2D eigenvalue weighted by molar-refractivity contribution is 7.18. The van der Waals surface area contributed by atoms with Gasteiger partial charge in [0.1, 0.15) is 16.5 Å². The average Bonchev–Trinajstić information content (AvgIpc) is 3.29. The first kappa shape index (κ1) is 19.5. The van der Waals surface area contributed by atoms with Gasteiger partial charge in [-0.25, -0.2) is 9.97 Å². The van der Waals surface area contributed by atoms with E-state index in [1.54, 1.807) is 11.3 Å². The Morgan fingerprint density at radius 1 is 1.25 bits per heavy atom. The van der Waals surface area contributed by atoms with Crippen LogP contribution in [-0.4, -0.2) is 53.6 Å². The number of nitrogens with one attached hydrogen (secondary N) is 1. The lowest BCUT2D eigenvalue weighted by Gasteiger charge is -2.34. The molecule has 2 aromatic heterocycles. The molecule has 2 fully saturated rings. The number of carbonyl (C=O) groups excluding carboxylic acids is 1. The third-order valence-electron chi connectivity index (χ3n) is 6.21. The van der Waals surface area contributed by atoms with Gasteiger partial charge in [0.05, 0.1) is 17.3 Å². The van der Waals surface area contributed by atoms with E-state index in [9.17, 15) is 4.79 Å². The molecule has 0 saturated carbocycles. The topological polar surface area (TPSA) is 93.4 Å². The van der Waals surface area contributed by atoms with Gasteiger partial charge in [0.2, 0.25) is 5.91 Å². The van der Waals surface area contributed by atoms with E-state index in [1.165, 1.54) is 23.3 Å². The number of amides is 1. The number of primary amides is 1. The Hall–Kier alpha value is -1.77. The smallest absolute Gasteiger partial charge is 0.225 e. The number of hydrogen-bond donors (Lipinski definition) is 2. The van der Waals surface area contributed by atoms with Crippen molar-refractivity contribution < 1.29 is 9.53 Å². The molecule has 4 rings (SSSR count). The molecule has 0 atom stereocenters. The molecular formula is C20H29N5O2S. The summed E-state index contributed by atoms with van der Waals surface area (Å²) in [6.45, 7) is 8.84.